The topological polar surface area (TPSA) is 77.3 Å². The number of ether oxygens (including phenoxy) is 1. The Hall–Kier alpha value is -3.15. The summed E-state index contributed by atoms with van der Waals surface area (Å²) in [6.45, 7) is 4.12. The number of para-hydroxylation sites is 1. The van der Waals surface area contributed by atoms with Crippen LogP contribution in [0, 0.1) is 13.8 Å². The lowest BCUT2D eigenvalue weighted by Gasteiger charge is -2.13. The number of hydrogen-bond donors (Lipinski definition) is 1. The molecule has 0 aliphatic carbocycles. The normalized spacial score (nSPS) is 15.3. The van der Waals surface area contributed by atoms with E-state index in [4.69, 9.17) is 9.26 Å². The highest BCUT2D eigenvalue weighted by Crippen LogP contribution is 2.37. The van der Waals surface area contributed by atoms with E-state index in [1.165, 1.54) is 0 Å². The standard InChI is InChI=1S/C21H21N3O3/c1-13-18(14(2)27-24-13)11-20(25)23-12-16-10-15-6-5-7-17(21(15)26-16)19-8-3-4-9-22-19/h3-9,16H,10-12H2,1-2H3,(H,23,25). The molecule has 0 radical (unpaired) electrons. The van der Waals surface area contributed by atoms with E-state index in [0.29, 0.717) is 12.3 Å². The summed E-state index contributed by atoms with van der Waals surface area (Å²) in [5.41, 5.74) is 4.62. The summed E-state index contributed by atoms with van der Waals surface area (Å²) in [4.78, 5) is 16.7. The van der Waals surface area contributed by atoms with Crippen LogP contribution in [-0.4, -0.2) is 28.7 Å². The van der Waals surface area contributed by atoms with Gasteiger partial charge in [0, 0.05) is 23.7 Å². The van der Waals surface area contributed by atoms with Crippen LogP contribution in [0.4, 0.5) is 0 Å². The molecule has 6 nitrogen and oxygen atoms in total. The van der Waals surface area contributed by atoms with Crippen molar-refractivity contribution in [1.29, 1.82) is 0 Å². The molecule has 1 aromatic carbocycles. The molecule has 138 valence electrons. The Balaban J connectivity index is 1.40. The lowest BCUT2D eigenvalue weighted by Crippen LogP contribution is -2.35. The average molecular weight is 363 g/mol. The van der Waals surface area contributed by atoms with Crippen molar-refractivity contribution in [3.8, 4) is 17.0 Å². The van der Waals surface area contributed by atoms with Crippen LogP contribution in [0.2, 0.25) is 0 Å². The number of carbonyl (C=O) groups excluding carboxylic acids is 1. The average Bonchev–Trinajstić information content (AvgIpc) is 3.25. The zero-order chi connectivity index (χ0) is 18.8. The summed E-state index contributed by atoms with van der Waals surface area (Å²) in [6.07, 6.45) is 2.72. The monoisotopic (exact) mass is 363 g/mol. The van der Waals surface area contributed by atoms with Gasteiger partial charge in [-0.25, -0.2) is 0 Å². The zero-order valence-corrected chi connectivity index (χ0v) is 15.4. The van der Waals surface area contributed by atoms with Crippen molar-refractivity contribution in [3.05, 3.63) is 65.2 Å². The van der Waals surface area contributed by atoms with Crippen molar-refractivity contribution in [2.24, 2.45) is 0 Å². The van der Waals surface area contributed by atoms with Crippen molar-refractivity contribution in [2.75, 3.05) is 6.54 Å². The molecule has 0 fully saturated rings. The molecule has 1 amide bonds. The lowest BCUT2D eigenvalue weighted by molar-refractivity contribution is -0.120. The van der Waals surface area contributed by atoms with Crippen LogP contribution in [-0.2, 0) is 17.6 Å². The number of benzene rings is 1. The van der Waals surface area contributed by atoms with E-state index in [1.54, 1.807) is 6.20 Å². The maximum atomic E-state index is 12.3. The van der Waals surface area contributed by atoms with Crippen LogP contribution in [0.15, 0.2) is 47.1 Å². The highest BCUT2D eigenvalue weighted by atomic mass is 16.5. The van der Waals surface area contributed by atoms with E-state index in [0.717, 1.165) is 40.2 Å². The predicted molar refractivity (Wildman–Crippen MR) is 100 cm³/mol. The third-order valence-corrected chi connectivity index (χ3v) is 4.81. The number of pyridine rings is 1. The van der Waals surface area contributed by atoms with Crippen molar-refractivity contribution in [2.45, 2.75) is 32.8 Å². The molecule has 3 aromatic rings. The number of carbonyl (C=O) groups is 1. The Morgan fingerprint density at radius 2 is 2.11 bits per heavy atom. The van der Waals surface area contributed by atoms with Crippen molar-refractivity contribution >= 4 is 5.91 Å². The number of aromatic nitrogens is 2. The molecule has 4 rings (SSSR count). The van der Waals surface area contributed by atoms with Gasteiger partial charge in [0.2, 0.25) is 5.91 Å². The molecule has 0 bridgehead atoms. The number of amides is 1. The predicted octanol–water partition coefficient (Wildman–Crippen LogP) is 3.02. The maximum absolute atomic E-state index is 12.3. The van der Waals surface area contributed by atoms with Gasteiger partial charge in [0.1, 0.15) is 17.6 Å². The minimum absolute atomic E-state index is 0.0612. The molecule has 2 aromatic heterocycles. The maximum Gasteiger partial charge on any atom is 0.224 e. The molecule has 1 unspecified atom stereocenters. The third kappa shape index (κ3) is 3.56. The third-order valence-electron chi connectivity index (χ3n) is 4.81. The number of nitrogens with one attached hydrogen (secondary N) is 1. The first-order valence-corrected chi connectivity index (χ1v) is 9.00. The Labute approximate surface area is 157 Å². The van der Waals surface area contributed by atoms with Gasteiger partial charge >= 0.3 is 0 Å². The van der Waals surface area contributed by atoms with Crippen LogP contribution in [0.25, 0.3) is 11.3 Å². The van der Waals surface area contributed by atoms with Gasteiger partial charge in [0.15, 0.2) is 0 Å². The molecule has 0 saturated heterocycles. The number of fused-ring (bicyclic) bond motifs is 1. The summed E-state index contributed by atoms with van der Waals surface area (Å²) >= 11 is 0. The molecule has 6 heteroatoms. The summed E-state index contributed by atoms with van der Waals surface area (Å²) < 4.78 is 11.3. The van der Waals surface area contributed by atoms with E-state index in [-0.39, 0.29) is 18.4 Å². The van der Waals surface area contributed by atoms with Gasteiger partial charge in [-0.05, 0) is 37.6 Å². The fourth-order valence-electron chi connectivity index (χ4n) is 3.38. The molecule has 27 heavy (non-hydrogen) atoms. The van der Waals surface area contributed by atoms with E-state index >= 15 is 0 Å². The van der Waals surface area contributed by atoms with Gasteiger partial charge < -0.3 is 14.6 Å². The molecule has 0 spiro atoms. The van der Waals surface area contributed by atoms with Gasteiger partial charge in [-0.1, -0.05) is 23.4 Å². The molecule has 1 aliphatic rings. The van der Waals surface area contributed by atoms with Crippen LogP contribution in [0.1, 0.15) is 22.6 Å². The Morgan fingerprint density at radius 3 is 2.85 bits per heavy atom. The van der Waals surface area contributed by atoms with Crippen LogP contribution >= 0.6 is 0 Å². The second-order valence-corrected chi connectivity index (χ2v) is 6.74. The summed E-state index contributed by atoms with van der Waals surface area (Å²) in [5, 5.41) is 6.85. The second-order valence-electron chi connectivity index (χ2n) is 6.74. The van der Waals surface area contributed by atoms with Crippen LogP contribution < -0.4 is 10.1 Å². The SMILES string of the molecule is Cc1noc(C)c1CC(=O)NCC1Cc2cccc(-c3ccccn3)c2O1. The number of nitrogens with zero attached hydrogens (tertiary/aromatic N) is 2. The highest BCUT2D eigenvalue weighted by Gasteiger charge is 2.26. The Kier molecular flexibility index (Phi) is 4.62. The fourth-order valence-corrected chi connectivity index (χ4v) is 3.38. The first kappa shape index (κ1) is 17.3. The minimum Gasteiger partial charge on any atom is -0.487 e. The Bertz CT molecular complexity index is 947. The molecule has 1 atom stereocenters. The fraction of sp³-hybridized carbons (Fsp3) is 0.286. The first-order valence-electron chi connectivity index (χ1n) is 9.00. The molecule has 1 N–H and O–H groups in total. The molecule has 0 saturated carbocycles. The van der Waals surface area contributed by atoms with Crippen molar-refractivity contribution < 1.29 is 14.1 Å². The van der Waals surface area contributed by atoms with Crippen LogP contribution in [0.5, 0.6) is 5.75 Å². The largest absolute Gasteiger partial charge is 0.487 e. The van der Waals surface area contributed by atoms with E-state index in [1.807, 2.05) is 44.2 Å². The quantitative estimate of drug-likeness (QED) is 0.754. The first-order chi connectivity index (χ1) is 13.1. The van der Waals surface area contributed by atoms with E-state index in [2.05, 4.69) is 21.5 Å². The van der Waals surface area contributed by atoms with Crippen molar-refractivity contribution in [3.63, 3.8) is 0 Å². The highest BCUT2D eigenvalue weighted by molar-refractivity contribution is 5.79. The van der Waals surface area contributed by atoms with Gasteiger partial charge in [0.05, 0.1) is 24.4 Å². The molecule has 1 aliphatic heterocycles. The van der Waals surface area contributed by atoms with Gasteiger partial charge in [-0.15, -0.1) is 0 Å². The summed E-state index contributed by atoms with van der Waals surface area (Å²) in [6, 6.07) is 11.9. The van der Waals surface area contributed by atoms with Crippen LogP contribution in [0.3, 0.4) is 0 Å². The molecule has 3 heterocycles. The number of rotatable bonds is 5. The van der Waals surface area contributed by atoms with Gasteiger partial charge in [-0.3, -0.25) is 9.78 Å². The molecular formula is C21H21N3O3. The van der Waals surface area contributed by atoms with E-state index < -0.39 is 0 Å². The lowest BCUT2D eigenvalue weighted by atomic mass is 10.0. The number of hydrogen-bond acceptors (Lipinski definition) is 5. The van der Waals surface area contributed by atoms with Crippen molar-refractivity contribution in [1.82, 2.24) is 15.5 Å². The van der Waals surface area contributed by atoms with E-state index in [9.17, 15) is 4.79 Å². The second kappa shape index (κ2) is 7.23. The zero-order valence-electron chi connectivity index (χ0n) is 15.4. The minimum atomic E-state index is -0.0847. The number of aryl methyl sites for hydroxylation is 2. The summed E-state index contributed by atoms with van der Waals surface area (Å²) in [7, 11) is 0. The smallest absolute Gasteiger partial charge is 0.224 e. The Morgan fingerprint density at radius 1 is 1.22 bits per heavy atom. The molecular weight excluding hydrogens is 342 g/mol. The van der Waals surface area contributed by atoms with Gasteiger partial charge in [0.25, 0.3) is 0 Å². The van der Waals surface area contributed by atoms with Gasteiger partial charge in [-0.2, -0.15) is 0 Å². The summed E-state index contributed by atoms with van der Waals surface area (Å²) in [5.74, 6) is 1.49.